The number of nitrogens with one attached hydrogen (secondary N) is 1. The number of carbonyl (C=O) groups excluding carboxylic acids is 1. The van der Waals surface area contributed by atoms with Gasteiger partial charge in [0.05, 0.1) is 25.4 Å². The summed E-state index contributed by atoms with van der Waals surface area (Å²) in [5.74, 6) is -0.199. The minimum atomic E-state index is -1.58. The van der Waals surface area contributed by atoms with Crippen molar-refractivity contribution in [2.45, 2.75) is 262 Å². The number of aliphatic hydroxyl groups is 5. The van der Waals surface area contributed by atoms with Gasteiger partial charge in [0.15, 0.2) is 6.29 Å². The van der Waals surface area contributed by atoms with Gasteiger partial charge in [0.1, 0.15) is 24.4 Å². The maximum absolute atomic E-state index is 13.0. The lowest BCUT2D eigenvalue weighted by Gasteiger charge is -2.40. The zero-order valence-corrected chi connectivity index (χ0v) is 43.8. The topological polar surface area (TPSA) is 149 Å². The number of amides is 1. The van der Waals surface area contributed by atoms with Crippen molar-refractivity contribution in [3.8, 4) is 0 Å². The average molecular weight is 966 g/mol. The summed E-state index contributed by atoms with van der Waals surface area (Å²) >= 11 is 0. The highest BCUT2D eigenvalue weighted by Crippen LogP contribution is 2.23. The molecular formula is C60H103NO8. The molecule has 7 unspecified atom stereocenters. The van der Waals surface area contributed by atoms with Gasteiger partial charge in [0.25, 0.3) is 0 Å². The summed E-state index contributed by atoms with van der Waals surface area (Å²) in [5.41, 5.74) is 0. The van der Waals surface area contributed by atoms with E-state index in [9.17, 15) is 30.3 Å². The molecule has 1 saturated heterocycles. The monoisotopic (exact) mass is 966 g/mol. The molecule has 0 aromatic heterocycles. The molecule has 69 heavy (non-hydrogen) atoms. The minimum Gasteiger partial charge on any atom is -0.394 e. The maximum atomic E-state index is 13.0. The molecular weight excluding hydrogens is 863 g/mol. The highest BCUT2D eigenvalue weighted by molar-refractivity contribution is 5.76. The van der Waals surface area contributed by atoms with Gasteiger partial charge >= 0.3 is 0 Å². The third-order valence-corrected chi connectivity index (χ3v) is 12.6. The summed E-state index contributed by atoms with van der Waals surface area (Å²) in [5, 5.41) is 54.4. The molecule has 396 valence electrons. The summed E-state index contributed by atoms with van der Waals surface area (Å²) in [6, 6.07) is -0.833. The third-order valence-electron chi connectivity index (χ3n) is 12.6. The van der Waals surface area contributed by atoms with E-state index in [0.717, 1.165) is 89.9 Å². The molecule has 0 bridgehead atoms. The Balaban J connectivity index is 2.28. The second-order valence-corrected chi connectivity index (χ2v) is 19.0. The van der Waals surface area contributed by atoms with Crippen molar-refractivity contribution in [3.63, 3.8) is 0 Å². The highest BCUT2D eigenvalue weighted by atomic mass is 16.7. The van der Waals surface area contributed by atoms with Crippen LogP contribution >= 0.6 is 0 Å². The first-order valence-corrected chi connectivity index (χ1v) is 28.0. The summed E-state index contributed by atoms with van der Waals surface area (Å²) in [6.45, 7) is 3.64. The summed E-state index contributed by atoms with van der Waals surface area (Å²) in [6.07, 6.45) is 63.2. The molecule has 0 saturated carbocycles. The summed E-state index contributed by atoms with van der Waals surface area (Å²) in [4.78, 5) is 13.0. The molecule has 0 radical (unpaired) electrons. The predicted molar refractivity (Wildman–Crippen MR) is 290 cm³/mol. The number of unbranched alkanes of at least 4 members (excludes halogenated alkanes) is 22. The molecule has 1 fully saturated rings. The molecule has 9 heteroatoms. The van der Waals surface area contributed by atoms with Crippen LogP contribution in [0.2, 0.25) is 0 Å². The van der Waals surface area contributed by atoms with Gasteiger partial charge in [0, 0.05) is 6.42 Å². The number of hydrogen-bond donors (Lipinski definition) is 6. The van der Waals surface area contributed by atoms with E-state index in [0.29, 0.717) is 6.42 Å². The molecule has 1 amide bonds. The van der Waals surface area contributed by atoms with Crippen LogP contribution in [-0.4, -0.2) is 87.5 Å². The van der Waals surface area contributed by atoms with Crippen molar-refractivity contribution < 1.29 is 39.8 Å². The molecule has 1 aliphatic rings. The van der Waals surface area contributed by atoms with Crippen LogP contribution in [0.4, 0.5) is 0 Å². The van der Waals surface area contributed by atoms with Crippen LogP contribution in [0.15, 0.2) is 97.2 Å². The fraction of sp³-hybridized carbons (Fsp3) is 0.717. The van der Waals surface area contributed by atoms with Crippen LogP contribution < -0.4 is 5.32 Å². The van der Waals surface area contributed by atoms with Gasteiger partial charge in [0.2, 0.25) is 5.91 Å². The Hall–Kier alpha value is -2.89. The van der Waals surface area contributed by atoms with Gasteiger partial charge in [-0.2, -0.15) is 0 Å². The highest BCUT2D eigenvalue weighted by Gasteiger charge is 2.44. The normalized spacial score (nSPS) is 20.2. The molecule has 6 N–H and O–H groups in total. The van der Waals surface area contributed by atoms with Crippen LogP contribution in [-0.2, 0) is 14.3 Å². The summed E-state index contributed by atoms with van der Waals surface area (Å²) in [7, 11) is 0. The predicted octanol–water partition coefficient (Wildman–Crippen LogP) is 13.6. The number of rotatable bonds is 46. The maximum Gasteiger partial charge on any atom is 0.220 e. The quantitative estimate of drug-likeness (QED) is 0.0261. The first-order chi connectivity index (χ1) is 33.8. The van der Waals surface area contributed by atoms with Crippen LogP contribution in [0.25, 0.3) is 0 Å². The van der Waals surface area contributed by atoms with E-state index in [1.165, 1.54) is 109 Å². The van der Waals surface area contributed by atoms with Crippen molar-refractivity contribution in [3.05, 3.63) is 97.2 Å². The van der Waals surface area contributed by atoms with Gasteiger partial charge in [-0.15, -0.1) is 0 Å². The number of carbonyl (C=O) groups is 1. The second-order valence-electron chi connectivity index (χ2n) is 19.0. The van der Waals surface area contributed by atoms with Crippen molar-refractivity contribution in [2.75, 3.05) is 13.2 Å². The van der Waals surface area contributed by atoms with Crippen molar-refractivity contribution in [2.24, 2.45) is 0 Å². The van der Waals surface area contributed by atoms with Gasteiger partial charge in [-0.05, 0) is 83.5 Å². The summed E-state index contributed by atoms with van der Waals surface area (Å²) < 4.78 is 11.2. The fourth-order valence-electron chi connectivity index (χ4n) is 8.23. The Morgan fingerprint density at radius 1 is 0.507 bits per heavy atom. The van der Waals surface area contributed by atoms with E-state index in [4.69, 9.17) is 9.47 Å². The van der Waals surface area contributed by atoms with Crippen molar-refractivity contribution >= 4 is 5.91 Å². The minimum absolute atomic E-state index is 0.199. The lowest BCUT2D eigenvalue weighted by atomic mass is 9.99. The Kier molecular flexibility index (Phi) is 45.3. The standard InChI is InChI=1S/C60H103NO8/c1-3-5-7-9-11-13-15-17-19-21-23-24-25-26-27-28-29-30-32-34-36-38-40-42-44-46-48-50-56(64)61-53(52-68-60-59(67)58(66)57(65)55(51-62)69-60)54(63)49-47-45-43-41-39-37-35-33-31-22-20-18-16-14-12-10-8-6-4-2/h5,7,11,13,17,19,23-24,26-27,29-30,39,41,47,49,53-55,57-60,62-63,65-67H,3-4,6,8-10,12,14-16,18,20-22,25,28,31-38,40,42-46,48,50-52H2,1-2H3,(H,61,64)/b7-5-,13-11-,19-17-,24-23-,27-26-,30-29-,41-39+,49-47+. The SMILES string of the molecule is CC/C=C\C/C=C\C/C=C\C/C=C\C/C=C\C/C=C\CCCCCCCCCCC(=O)NC(COC1OC(CO)C(O)C(O)C1O)C(O)/C=C/CC/C=C/CCCCCCCCCCCCCCC. The van der Waals surface area contributed by atoms with E-state index in [-0.39, 0.29) is 12.5 Å². The van der Waals surface area contributed by atoms with E-state index >= 15 is 0 Å². The molecule has 0 spiro atoms. The van der Waals surface area contributed by atoms with Gasteiger partial charge in [-0.1, -0.05) is 227 Å². The number of hydrogen-bond acceptors (Lipinski definition) is 8. The lowest BCUT2D eigenvalue weighted by Crippen LogP contribution is -2.60. The Labute approximate surface area is 422 Å². The van der Waals surface area contributed by atoms with Crippen LogP contribution in [0, 0.1) is 0 Å². The lowest BCUT2D eigenvalue weighted by molar-refractivity contribution is -0.302. The molecule has 0 aromatic carbocycles. The zero-order chi connectivity index (χ0) is 50.1. The third kappa shape index (κ3) is 38.5. The molecule has 1 heterocycles. The molecule has 7 atom stereocenters. The number of allylic oxidation sites excluding steroid dienone is 15. The van der Waals surface area contributed by atoms with Gasteiger partial charge in [-0.3, -0.25) is 4.79 Å². The van der Waals surface area contributed by atoms with Gasteiger partial charge < -0.3 is 40.3 Å². The largest absolute Gasteiger partial charge is 0.394 e. The van der Waals surface area contributed by atoms with Crippen molar-refractivity contribution in [1.82, 2.24) is 5.32 Å². The van der Waals surface area contributed by atoms with Crippen LogP contribution in [0.1, 0.15) is 219 Å². The average Bonchev–Trinajstić information content (AvgIpc) is 3.35. The van der Waals surface area contributed by atoms with E-state index in [1.807, 2.05) is 6.08 Å². The smallest absolute Gasteiger partial charge is 0.220 e. The number of ether oxygens (including phenoxy) is 2. The zero-order valence-electron chi connectivity index (χ0n) is 43.8. The molecule has 1 aliphatic heterocycles. The second kappa shape index (κ2) is 48.7. The van der Waals surface area contributed by atoms with Crippen molar-refractivity contribution in [1.29, 1.82) is 0 Å². The molecule has 0 aliphatic carbocycles. The molecule has 0 aromatic rings. The first kappa shape index (κ1) is 64.1. The van der Waals surface area contributed by atoms with Crippen LogP contribution in [0.5, 0.6) is 0 Å². The number of aliphatic hydroxyl groups excluding tert-OH is 5. The van der Waals surface area contributed by atoms with E-state index < -0.39 is 49.5 Å². The Morgan fingerprint density at radius 3 is 1.39 bits per heavy atom. The van der Waals surface area contributed by atoms with Gasteiger partial charge in [-0.25, -0.2) is 0 Å². The molecule has 1 rings (SSSR count). The fourth-order valence-corrected chi connectivity index (χ4v) is 8.23. The Morgan fingerprint density at radius 2 is 0.913 bits per heavy atom. The van der Waals surface area contributed by atoms with E-state index in [2.05, 4.69) is 104 Å². The van der Waals surface area contributed by atoms with E-state index in [1.54, 1.807) is 6.08 Å². The Bertz CT molecular complexity index is 1400. The molecule has 9 nitrogen and oxygen atoms in total. The van der Waals surface area contributed by atoms with Crippen LogP contribution in [0.3, 0.4) is 0 Å². The first-order valence-electron chi connectivity index (χ1n) is 28.0.